The minimum absolute atomic E-state index is 0.000192. The first-order valence-electron chi connectivity index (χ1n) is 44.5. The number of fused-ring (bicyclic) bond motifs is 6. The molecule has 5 aromatic rings. The lowest BCUT2D eigenvalue weighted by atomic mass is 9.72. The number of hydrogen-bond acceptors (Lipinski definition) is 31. The van der Waals surface area contributed by atoms with Crippen molar-refractivity contribution >= 4 is 106 Å². The van der Waals surface area contributed by atoms with E-state index in [9.17, 15) is 132 Å². The molecule has 9 rings (SSSR count). The van der Waals surface area contributed by atoms with E-state index in [2.05, 4.69) is 69.1 Å². The summed E-state index contributed by atoms with van der Waals surface area (Å²) in [5.41, 5.74) is 10.0. The molecule has 1 saturated heterocycles. The number of ketones is 3. The minimum Gasteiger partial charge on any atom is -0.508 e. The summed E-state index contributed by atoms with van der Waals surface area (Å²) in [5, 5.41) is 130. The lowest BCUT2D eigenvalue weighted by molar-refractivity contribution is -0.249. The van der Waals surface area contributed by atoms with Crippen LogP contribution in [0.3, 0.4) is 0 Å². The quantitative estimate of drug-likeness (QED) is 0.0126. The van der Waals surface area contributed by atoms with E-state index in [1.165, 1.54) is 63.4 Å². The van der Waals surface area contributed by atoms with E-state index in [4.69, 9.17) is 30.4 Å². The number of nitrogens with two attached hydrogens (primary N) is 2. The van der Waals surface area contributed by atoms with Crippen LogP contribution in [0.5, 0.6) is 23.0 Å². The van der Waals surface area contributed by atoms with Gasteiger partial charge in [-0.3, -0.25) is 81.5 Å². The second kappa shape index (κ2) is 48.5. The summed E-state index contributed by atoms with van der Waals surface area (Å²) in [7, 11) is 1.24. The number of nitrogens with one attached hydrogen (secondary N) is 13. The zero-order valence-corrected chi connectivity index (χ0v) is 76.7. The van der Waals surface area contributed by atoms with E-state index in [1.807, 2.05) is 48.5 Å². The van der Waals surface area contributed by atoms with Gasteiger partial charge in [-0.15, -0.1) is 0 Å². The van der Waals surface area contributed by atoms with Crippen LogP contribution in [-0.4, -0.2) is 295 Å². The van der Waals surface area contributed by atoms with Crippen molar-refractivity contribution in [3.05, 3.63) is 141 Å². The van der Waals surface area contributed by atoms with Gasteiger partial charge in [0.25, 0.3) is 0 Å². The summed E-state index contributed by atoms with van der Waals surface area (Å²) in [6.07, 6.45) is -11.5. The molecule has 15 amide bonds. The second-order valence-electron chi connectivity index (χ2n) is 34.5. The first-order valence-corrected chi connectivity index (χ1v) is 44.5. The Kier molecular flexibility index (Phi) is 37.8. The van der Waals surface area contributed by atoms with Crippen molar-refractivity contribution in [1.29, 1.82) is 0 Å². The maximum atomic E-state index is 14.6. The van der Waals surface area contributed by atoms with Crippen molar-refractivity contribution < 1.29 is 151 Å². The third kappa shape index (κ3) is 27.2. The minimum atomic E-state index is -2.54. The number of aromatic hydroxyl groups is 3. The Hall–Kier alpha value is -14.2. The number of methoxy groups -OCH3 is 1. The lowest BCUT2D eigenvalue weighted by Crippen LogP contribution is -2.62. The van der Waals surface area contributed by atoms with E-state index in [-0.39, 0.29) is 84.4 Å². The average Bonchev–Trinajstić information content (AvgIpc) is 0.817. The highest BCUT2D eigenvalue weighted by Gasteiger charge is 2.52. The van der Waals surface area contributed by atoms with Crippen molar-refractivity contribution in [2.45, 2.75) is 228 Å². The van der Waals surface area contributed by atoms with Gasteiger partial charge in [-0.1, -0.05) is 86.6 Å². The number of ether oxygens (including phenoxy) is 4. The fraction of sp³-hybridized carbons (Fsp3) is 0.478. The monoisotopic (exact) mass is 1930 g/mol. The maximum Gasteiger partial charge on any atom is 0.407 e. The smallest absolute Gasteiger partial charge is 0.407 e. The Morgan fingerprint density at radius 2 is 1.01 bits per heavy atom. The highest BCUT2D eigenvalue weighted by atomic mass is 16.7. The zero-order valence-electron chi connectivity index (χ0n) is 76.7. The Balaban J connectivity index is 0.813. The summed E-state index contributed by atoms with van der Waals surface area (Å²) < 4.78 is 23.3. The van der Waals surface area contributed by atoms with Crippen LogP contribution in [-0.2, 0) is 99.0 Å². The number of aliphatic hydroxyl groups is 6. The molecule has 46 heteroatoms. The van der Waals surface area contributed by atoms with E-state index < -0.39 is 308 Å². The molecule has 0 bridgehead atoms. The highest BCUT2D eigenvalue weighted by Crippen LogP contribution is 2.53. The number of Topliss-reactive ketones (excluding diaryl/α,β-unsaturated/α-hetero) is 1. The molecule has 1 aliphatic heterocycles. The van der Waals surface area contributed by atoms with Gasteiger partial charge >= 0.3 is 6.09 Å². The Morgan fingerprint density at radius 1 is 0.529 bits per heavy atom. The maximum absolute atomic E-state index is 14.6. The van der Waals surface area contributed by atoms with Crippen LogP contribution in [0.4, 0.5) is 4.79 Å². The van der Waals surface area contributed by atoms with Gasteiger partial charge in [-0.25, -0.2) is 4.79 Å². The SMILES string of the molecule is COc1cccc2c1C(=O)c1c(O)c3c(c(O)c1C2=O)C[C@@](O)(C(=O)CO)C[C@@H]3O[C@H]1C[C@H](NC(=O)[C@H](CC(C)C)NC(=O)[C@H](CO)NC(=O)[C@H](C)NC(=O)[C@H](CO)NC(=O)[C@H](CCC(N)=O)NC(=O)[C@H](Cc2ccc(O)cc2)NC(=O)[C@H](CO)NC(=O)[C@H](C)NC(=O)[C@H](CCCCNC(=O)OCC2c3ccccc3-c3ccccc32)NC(=O)[C@H](CC(N)=O)NC(=O)[C@H](C)NC(C)=O)[C@H](O)[C@H](C)O1. The third-order valence-corrected chi connectivity index (χ3v) is 23.7. The number of carbonyl (C=O) groups excluding carboxylic acids is 18. The second-order valence-corrected chi connectivity index (χ2v) is 34.5. The summed E-state index contributed by atoms with van der Waals surface area (Å²) in [4.78, 5) is 246. The van der Waals surface area contributed by atoms with Gasteiger partial charge in [0.05, 0.1) is 68.3 Å². The molecule has 0 radical (unpaired) electrons. The molecular weight excluding hydrogens is 1810 g/mol. The number of hydrogen-bond donors (Lipinski definition) is 24. The topological polar surface area (TPSA) is 735 Å². The highest BCUT2D eigenvalue weighted by molar-refractivity contribution is 6.31. The van der Waals surface area contributed by atoms with E-state index >= 15 is 0 Å². The first kappa shape index (κ1) is 108. The number of unbranched alkanes of at least 4 members (excludes halogenated alkanes) is 1. The van der Waals surface area contributed by atoms with Crippen LogP contribution in [0.15, 0.2) is 91.0 Å². The average molecular weight is 1930 g/mol. The standard InChI is InChI=1S/C92H117N15O31/c1-41(2)30-59(85(127)101-58-33-70(137-45(6)75(58)117)138-66-35-92(134,67(114)39-111)34-54-72(66)79(121)74-73(77(54)119)76(118)53-20-15-22-65(135-8)71(53)78(74)120)103-89(131)63(37-109)105-82(124)44(5)98-88(130)62(36-108)107-84(126)57(27-28-68(93)115)100-86(128)60(31-47-23-25-48(113)26-24-47)104-90(132)64(38-110)106-81(123)43(4)97-83(125)56(99-87(129)61(32-69(94)116)102-80(122)42(3)96-46(7)112)21-13-14-29-95-91(133)136-40-55-51-18-11-9-16-49(51)50-17-10-12-19-52(50)55/h9-12,15-20,22-26,41-45,55-64,66,70,75,108-111,113,117,119,121,134H,13-14,21,27-40H2,1-8H3,(H2,93,115)(H2,94,116)(H,95,133)(H,96,112)(H,97,125)(H,98,130)(H,99,129)(H,100,128)(H,101,127)(H,102,122)(H,103,131)(H,104,132)(H,105,124)(H,106,123)(H,107,126)/t42-,43-,44-,45-,56-,57-,58-,59-,60-,61-,62-,63-,64-,66-,70-,75+,92-/m0/s1. The van der Waals surface area contributed by atoms with Crippen LogP contribution < -0.4 is 85.3 Å². The Labute approximate surface area is 790 Å². The molecule has 0 spiro atoms. The molecule has 5 aromatic carbocycles. The van der Waals surface area contributed by atoms with E-state index in [0.717, 1.165) is 43.0 Å². The number of aliphatic hydroxyl groups excluding tert-OH is 5. The van der Waals surface area contributed by atoms with Gasteiger partial charge in [0.2, 0.25) is 88.5 Å². The largest absolute Gasteiger partial charge is 0.508 e. The number of amides is 15. The molecule has 17 atom stereocenters. The van der Waals surface area contributed by atoms with Crippen molar-refractivity contribution in [1.82, 2.24) is 69.1 Å². The summed E-state index contributed by atoms with van der Waals surface area (Å²) in [5.74, 6) is -21.1. The molecule has 3 aliphatic carbocycles. The third-order valence-electron chi connectivity index (χ3n) is 23.7. The Morgan fingerprint density at radius 3 is 1.56 bits per heavy atom. The fourth-order valence-corrected chi connectivity index (χ4v) is 16.4. The predicted molar refractivity (Wildman–Crippen MR) is 481 cm³/mol. The Bertz CT molecular complexity index is 5380. The number of alkyl carbamates (subject to hydrolysis) is 1. The van der Waals surface area contributed by atoms with Gasteiger partial charge in [-0.2, -0.15) is 0 Å². The first-order chi connectivity index (χ1) is 65.3. The van der Waals surface area contributed by atoms with Crippen LogP contribution in [0.2, 0.25) is 0 Å². The number of phenolic OH excluding ortho intramolecular Hbond substituents is 3. The van der Waals surface area contributed by atoms with Crippen LogP contribution in [0.25, 0.3) is 11.1 Å². The number of benzene rings is 5. The van der Waals surface area contributed by atoms with Gasteiger partial charge in [0.1, 0.15) is 114 Å². The van der Waals surface area contributed by atoms with Crippen molar-refractivity contribution in [3.8, 4) is 34.1 Å². The lowest BCUT2D eigenvalue weighted by Gasteiger charge is -2.43. The van der Waals surface area contributed by atoms with Crippen LogP contribution >= 0.6 is 0 Å². The van der Waals surface area contributed by atoms with E-state index in [0.29, 0.717) is 0 Å². The van der Waals surface area contributed by atoms with Gasteiger partial charge in [-0.05, 0) is 112 Å². The van der Waals surface area contributed by atoms with Crippen LogP contribution in [0.1, 0.15) is 178 Å². The molecule has 4 aliphatic rings. The fourth-order valence-electron chi connectivity index (χ4n) is 16.4. The predicted octanol–water partition coefficient (Wildman–Crippen LogP) is -4.61. The molecule has 1 fully saturated rings. The number of phenols is 3. The number of carbonyl (C=O) groups is 18. The molecular formula is C92H117N15O31. The zero-order chi connectivity index (χ0) is 102. The molecule has 26 N–H and O–H groups in total. The molecule has 1 heterocycles. The van der Waals surface area contributed by atoms with Gasteiger partial charge < -0.3 is 145 Å². The molecule has 46 nitrogen and oxygen atoms in total. The van der Waals surface area contributed by atoms with Gasteiger partial charge in [0, 0.05) is 68.2 Å². The summed E-state index contributed by atoms with van der Waals surface area (Å²) in [6.45, 7) is 4.52. The van der Waals surface area contributed by atoms with Crippen molar-refractivity contribution in [3.63, 3.8) is 0 Å². The number of primary amides is 2. The molecule has 0 saturated carbocycles. The van der Waals surface area contributed by atoms with E-state index in [1.54, 1.807) is 13.8 Å². The number of rotatable bonds is 47. The molecule has 746 valence electrons. The molecule has 0 unspecified atom stereocenters. The molecule has 0 aromatic heterocycles. The van der Waals surface area contributed by atoms with Crippen molar-refractivity contribution in [2.75, 3.05) is 46.7 Å². The molecule has 138 heavy (non-hydrogen) atoms. The van der Waals surface area contributed by atoms with Crippen molar-refractivity contribution in [2.24, 2.45) is 17.4 Å². The summed E-state index contributed by atoms with van der Waals surface area (Å²) >= 11 is 0. The normalized spacial score (nSPS) is 19.1. The summed E-state index contributed by atoms with van der Waals surface area (Å²) in [6, 6.07) is 4.28. The van der Waals surface area contributed by atoms with Gasteiger partial charge in [0.15, 0.2) is 17.9 Å². The van der Waals surface area contributed by atoms with Crippen LogP contribution in [0, 0.1) is 5.92 Å².